The Balaban J connectivity index is 2.42. The summed E-state index contributed by atoms with van der Waals surface area (Å²) in [4.78, 5) is 1.34. The zero-order chi connectivity index (χ0) is 14.1. The molecule has 0 amide bonds. The van der Waals surface area contributed by atoms with E-state index in [4.69, 9.17) is 0 Å². The molecule has 0 aliphatic rings. The van der Waals surface area contributed by atoms with Gasteiger partial charge in [0, 0.05) is 10.9 Å². The molecule has 0 aromatic heterocycles. The van der Waals surface area contributed by atoms with Gasteiger partial charge in [-0.25, -0.2) is 0 Å². The number of thioether (sulfide) groups is 1. The van der Waals surface area contributed by atoms with E-state index in [2.05, 4.69) is 56.6 Å². The van der Waals surface area contributed by atoms with Crippen LogP contribution in [0.4, 0.5) is 0 Å². The van der Waals surface area contributed by atoms with E-state index in [0.717, 1.165) is 12.5 Å². The summed E-state index contributed by atoms with van der Waals surface area (Å²) in [5.74, 6) is 0.827. The lowest BCUT2D eigenvalue weighted by atomic mass is 9.98. The van der Waals surface area contributed by atoms with Crippen molar-refractivity contribution in [3.8, 4) is 0 Å². The summed E-state index contributed by atoms with van der Waals surface area (Å²) in [5.41, 5.74) is 1.39. The minimum absolute atomic E-state index is 0.451. The zero-order valence-electron chi connectivity index (χ0n) is 12.9. The minimum atomic E-state index is 0.451. The third kappa shape index (κ3) is 6.01. The first kappa shape index (κ1) is 16.6. The Morgan fingerprint density at radius 1 is 1.16 bits per heavy atom. The summed E-state index contributed by atoms with van der Waals surface area (Å²) in [5, 5.41) is 3.69. The molecular weight excluding hydrogens is 250 g/mol. The van der Waals surface area contributed by atoms with Gasteiger partial charge in [0.25, 0.3) is 0 Å². The van der Waals surface area contributed by atoms with E-state index in [1.165, 1.54) is 36.1 Å². The molecule has 0 radical (unpaired) electrons. The van der Waals surface area contributed by atoms with Gasteiger partial charge in [-0.2, -0.15) is 0 Å². The normalized spacial score (nSPS) is 14.3. The molecule has 1 rings (SSSR count). The van der Waals surface area contributed by atoms with E-state index < -0.39 is 0 Å². The molecule has 0 aliphatic carbocycles. The van der Waals surface area contributed by atoms with Crippen LogP contribution >= 0.6 is 11.8 Å². The number of benzene rings is 1. The van der Waals surface area contributed by atoms with Crippen molar-refractivity contribution in [2.75, 3.05) is 12.8 Å². The first-order valence-corrected chi connectivity index (χ1v) is 8.81. The topological polar surface area (TPSA) is 12.0 Å². The van der Waals surface area contributed by atoms with Gasteiger partial charge in [-0.1, -0.05) is 45.2 Å². The fourth-order valence-corrected chi connectivity index (χ4v) is 2.71. The van der Waals surface area contributed by atoms with Gasteiger partial charge in [-0.3, -0.25) is 0 Å². The summed E-state index contributed by atoms with van der Waals surface area (Å²) in [6, 6.07) is 9.37. The monoisotopic (exact) mass is 279 g/mol. The molecule has 0 aliphatic heterocycles. The molecule has 108 valence electrons. The van der Waals surface area contributed by atoms with Crippen LogP contribution in [0.25, 0.3) is 0 Å². The van der Waals surface area contributed by atoms with Crippen molar-refractivity contribution >= 4 is 11.8 Å². The van der Waals surface area contributed by atoms with Crippen molar-refractivity contribution < 1.29 is 0 Å². The van der Waals surface area contributed by atoms with E-state index >= 15 is 0 Å². The maximum atomic E-state index is 3.69. The number of nitrogens with one attached hydrogen (secondary N) is 1. The molecule has 0 fully saturated rings. The van der Waals surface area contributed by atoms with Crippen LogP contribution in [0.15, 0.2) is 29.2 Å². The summed E-state index contributed by atoms with van der Waals surface area (Å²) < 4.78 is 0. The fraction of sp³-hybridized carbons (Fsp3) is 0.647. The number of hydrogen-bond acceptors (Lipinski definition) is 2. The van der Waals surface area contributed by atoms with E-state index in [1.54, 1.807) is 11.8 Å². The zero-order valence-corrected chi connectivity index (χ0v) is 13.7. The van der Waals surface area contributed by atoms with Crippen molar-refractivity contribution in [3.05, 3.63) is 29.8 Å². The molecule has 1 aromatic rings. The van der Waals surface area contributed by atoms with E-state index in [-0.39, 0.29) is 0 Å². The predicted molar refractivity (Wildman–Crippen MR) is 87.9 cm³/mol. The molecular formula is C17H29NS. The Morgan fingerprint density at radius 2 is 1.84 bits per heavy atom. The van der Waals surface area contributed by atoms with Crippen LogP contribution in [0.2, 0.25) is 0 Å². The van der Waals surface area contributed by atoms with Gasteiger partial charge in [0.15, 0.2) is 0 Å². The van der Waals surface area contributed by atoms with Gasteiger partial charge in [-0.05, 0) is 49.8 Å². The van der Waals surface area contributed by atoms with Crippen LogP contribution in [0.5, 0.6) is 0 Å². The number of rotatable bonds is 9. The lowest BCUT2D eigenvalue weighted by molar-refractivity contribution is 0.398. The first-order chi connectivity index (χ1) is 9.21. The first-order valence-electron chi connectivity index (χ1n) is 7.58. The lowest BCUT2D eigenvalue weighted by Crippen LogP contribution is -2.25. The highest BCUT2D eigenvalue weighted by Gasteiger charge is 2.09. The van der Waals surface area contributed by atoms with Crippen LogP contribution in [-0.2, 0) is 0 Å². The van der Waals surface area contributed by atoms with Gasteiger partial charge in [0.2, 0.25) is 0 Å². The summed E-state index contributed by atoms with van der Waals surface area (Å²) in [6.45, 7) is 7.98. The molecule has 19 heavy (non-hydrogen) atoms. The Morgan fingerprint density at radius 3 is 2.37 bits per heavy atom. The third-order valence-electron chi connectivity index (χ3n) is 3.87. The molecule has 0 bridgehead atoms. The van der Waals surface area contributed by atoms with Gasteiger partial charge in [0.1, 0.15) is 0 Å². The summed E-state index contributed by atoms with van der Waals surface area (Å²) in [7, 11) is 0. The van der Waals surface area contributed by atoms with Crippen LogP contribution < -0.4 is 5.32 Å². The Hall–Kier alpha value is -0.470. The van der Waals surface area contributed by atoms with Crippen LogP contribution in [0.3, 0.4) is 0 Å². The predicted octanol–water partition coefficient (Wildman–Crippen LogP) is 5.28. The Kier molecular flexibility index (Phi) is 8.24. The maximum absolute atomic E-state index is 3.69. The maximum Gasteiger partial charge on any atom is 0.0291 e. The van der Waals surface area contributed by atoms with Crippen molar-refractivity contribution in [2.24, 2.45) is 5.92 Å². The second-order valence-electron chi connectivity index (χ2n) is 5.32. The molecule has 1 N–H and O–H groups in total. The van der Waals surface area contributed by atoms with Crippen LogP contribution in [0.1, 0.15) is 58.1 Å². The van der Waals surface area contributed by atoms with Gasteiger partial charge in [-0.15, -0.1) is 11.8 Å². The molecule has 1 aromatic carbocycles. The highest BCUT2D eigenvalue weighted by Crippen LogP contribution is 2.19. The lowest BCUT2D eigenvalue weighted by Gasteiger charge is -2.20. The van der Waals surface area contributed by atoms with Crippen molar-refractivity contribution in [1.29, 1.82) is 0 Å². The SMILES string of the molecule is CCCCC(CC)CNC(C)c1ccc(SC)cc1. The fourth-order valence-electron chi connectivity index (χ4n) is 2.30. The second kappa shape index (κ2) is 9.44. The molecule has 0 saturated heterocycles. The average Bonchev–Trinajstić information content (AvgIpc) is 2.47. The highest BCUT2D eigenvalue weighted by atomic mass is 32.2. The average molecular weight is 279 g/mol. The van der Waals surface area contributed by atoms with Crippen molar-refractivity contribution in [3.63, 3.8) is 0 Å². The molecule has 0 heterocycles. The second-order valence-corrected chi connectivity index (χ2v) is 6.20. The summed E-state index contributed by atoms with van der Waals surface area (Å²) >= 11 is 1.80. The largest absolute Gasteiger partial charge is 0.310 e. The van der Waals surface area contributed by atoms with Gasteiger partial charge >= 0.3 is 0 Å². The Bertz CT molecular complexity index is 334. The van der Waals surface area contributed by atoms with Crippen LogP contribution in [0, 0.1) is 5.92 Å². The van der Waals surface area contributed by atoms with Gasteiger partial charge in [0.05, 0.1) is 0 Å². The van der Waals surface area contributed by atoms with E-state index in [1.807, 2.05) is 0 Å². The molecule has 2 unspecified atom stereocenters. The van der Waals surface area contributed by atoms with Crippen molar-refractivity contribution in [1.82, 2.24) is 5.32 Å². The smallest absolute Gasteiger partial charge is 0.0291 e. The van der Waals surface area contributed by atoms with Crippen LogP contribution in [-0.4, -0.2) is 12.8 Å². The third-order valence-corrected chi connectivity index (χ3v) is 4.62. The molecule has 0 spiro atoms. The molecule has 2 atom stereocenters. The summed E-state index contributed by atoms with van der Waals surface area (Å²) in [6.07, 6.45) is 7.43. The molecule has 2 heteroatoms. The van der Waals surface area contributed by atoms with Gasteiger partial charge < -0.3 is 5.32 Å². The van der Waals surface area contributed by atoms with E-state index in [0.29, 0.717) is 6.04 Å². The molecule has 1 nitrogen and oxygen atoms in total. The number of hydrogen-bond donors (Lipinski definition) is 1. The standard InChI is InChI=1S/C17H29NS/c1-5-7-8-15(6-2)13-18-14(3)16-9-11-17(19-4)12-10-16/h9-12,14-15,18H,5-8,13H2,1-4H3. The van der Waals surface area contributed by atoms with E-state index in [9.17, 15) is 0 Å². The minimum Gasteiger partial charge on any atom is -0.310 e. The number of unbranched alkanes of at least 4 members (excludes halogenated alkanes) is 1. The Labute approximate surface area is 123 Å². The highest BCUT2D eigenvalue weighted by molar-refractivity contribution is 7.98. The molecule has 0 saturated carbocycles. The van der Waals surface area contributed by atoms with Crippen molar-refractivity contribution in [2.45, 2.75) is 57.4 Å². The quantitative estimate of drug-likeness (QED) is 0.618.